The van der Waals surface area contributed by atoms with E-state index < -0.39 is 0 Å². The summed E-state index contributed by atoms with van der Waals surface area (Å²) in [6, 6.07) is 15.0. The highest BCUT2D eigenvalue weighted by molar-refractivity contribution is 5.94. The average Bonchev–Trinajstić information content (AvgIpc) is 3.21. The van der Waals surface area contributed by atoms with Gasteiger partial charge in [-0.15, -0.1) is 0 Å². The van der Waals surface area contributed by atoms with E-state index in [0.717, 1.165) is 16.7 Å². The van der Waals surface area contributed by atoms with Crippen LogP contribution >= 0.6 is 0 Å². The average molecular weight is 403 g/mol. The van der Waals surface area contributed by atoms with E-state index in [0.29, 0.717) is 30.9 Å². The van der Waals surface area contributed by atoms with Gasteiger partial charge < -0.3 is 9.47 Å². The zero-order chi connectivity index (χ0) is 21.3. The van der Waals surface area contributed by atoms with Gasteiger partial charge in [0, 0.05) is 44.5 Å². The molecule has 0 saturated heterocycles. The van der Waals surface area contributed by atoms with Crippen LogP contribution in [0.3, 0.4) is 0 Å². The van der Waals surface area contributed by atoms with Crippen molar-refractivity contribution in [3.05, 3.63) is 76.5 Å². The monoisotopic (exact) mass is 403 g/mol. The van der Waals surface area contributed by atoms with Gasteiger partial charge in [-0.3, -0.25) is 14.6 Å². The number of para-hydroxylation sites is 2. The number of nitrogens with zero attached hydrogens (tertiary/aromatic N) is 5. The van der Waals surface area contributed by atoms with Gasteiger partial charge in [0.25, 0.3) is 11.5 Å². The molecule has 0 bridgehead atoms. The fourth-order valence-corrected chi connectivity index (χ4v) is 3.61. The molecule has 0 atom stereocenters. The van der Waals surface area contributed by atoms with Crippen molar-refractivity contribution in [2.75, 3.05) is 13.6 Å². The lowest BCUT2D eigenvalue weighted by Gasteiger charge is -2.15. The highest BCUT2D eigenvalue weighted by Gasteiger charge is 2.20. The summed E-state index contributed by atoms with van der Waals surface area (Å²) in [7, 11) is 1.74. The fourth-order valence-electron chi connectivity index (χ4n) is 3.61. The maximum Gasteiger partial charge on any atom is 0.277 e. The van der Waals surface area contributed by atoms with Gasteiger partial charge >= 0.3 is 0 Å². The molecule has 3 heterocycles. The van der Waals surface area contributed by atoms with Crippen LogP contribution in [0.4, 0.5) is 0 Å². The Kier molecular flexibility index (Phi) is 5.35. The van der Waals surface area contributed by atoms with E-state index in [1.165, 1.54) is 0 Å². The molecule has 7 nitrogen and oxygen atoms in total. The van der Waals surface area contributed by atoms with Crippen molar-refractivity contribution in [3.8, 4) is 0 Å². The molecule has 30 heavy (non-hydrogen) atoms. The number of rotatable bonds is 6. The zero-order valence-electron chi connectivity index (χ0n) is 17.4. The molecule has 0 radical (unpaired) electrons. The first-order valence-electron chi connectivity index (χ1n) is 10.1. The lowest BCUT2D eigenvalue weighted by Crippen LogP contribution is -2.29. The third-order valence-electron chi connectivity index (χ3n) is 5.12. The van der Waals surface area contributed by atoms with E-state index >= 15 is 0 Å². The van der Waals surface area contributed by atoms with Crippen LogP contribution in [0.25, 0.3) is 16.6 Å². The number of amides is 1. The number of hydrogen-bond donors (Lipinski definition) is 0. The third kappa shape index (κ3) is 3.70. The second kappa shape index (κ2) is 8.10. The molecule has 0 aliphatic heterocycles. The van der Waals surface area contributed by atoms with Crippen molar-refractivity contribution in [1.29, 1.82) is 0 Å². The second-order valence-corrected chi connectivity index (χ2v) is 7.92. The fraction of sp³-hybridized carbons (Fsp3) is 0.304. The number of pyridine rings is 1. The second-order valence-electron chi connectivity index (χ2n) is 7.92. The summed E-state index contributed by atoms with van der Waals surface area (Å²) in [5.74, 6) is 0.101. The van der Waals surface area contributed by atoms with Crippen molar-refractivity contribution in [2.45, 2.75) is 26.8 Å². The molecule has 0 N–H and O–H groups in total. The normalized spacial score (nSPS) is 11.5. The molecular weight excluding hydrogens is 378 g/mol. The Bertz CT molecular complexity index is 1260. The Morgan fingerprint density at radius 1 is 1.07 bits per heavy atom. The topological polar surface area (TPSA) is 72.5 Å². The summed E-state index contributed by atoms with van der Waals surface area (Å²) in [5, 5.41) is 4.49. The number of likely N-dealkylation sites (N-methyl/N-ethyl adjacent to an activating group) is 1. The summed E-state index contributed by atoms with van der Waals surface area (Å²) in [6.07, 6.45) is 2.40. The number of carbonyl (C=O) groups is 1. The molecule has 0 aliphatic carbocycles. The van der Waals surface area contributed by atoms with Crippen LogP contribution in [0, 0.1) is 5.92 Å². The minimum atomic E-state index is -0.214. The molecule has 0 aliphatic rings. The Morgan fingerprint density at radius 3 is 2.50 bits per heavy atom. The van der Waals surface area contributed by atoms with E-state index in [1.807, 2.05) is 42.5 Å². The molecule has 1 amide bonds. The largest absolute Gasteiger partial charge is 0.340 e. The molecule has 0 saturated carbocycles. The predicted octanol–water partition coefficient (Wildman–Crippen LogP) is 3.01. The molecular formula is C23H25N5O2. The van der Waals surface area contributed by atoms with Gasteiger partial charge in [-0.2, -0.15) is 5.10 Å². The third-order valence-corrected chi connectivity index (χ3v) is 5.12. The zero-order valence-corrected chi connectivity index (χ0v) is 17.4. The maximum absolute atomic E-state index is 13.2. The van der Waals surface area contributed by atoms with Crippen molar-refractivity contribution in [3.63, 3.8) is 0 Å². The number of benzene rings is 1. The Balaban J connectivity index is 1.70. The minimum absolute atomic E-state index is 0.134. The lowest BCUT2D eigenvalue weighted by molar-refractivity contribution is 0.0790. The predicted molar refractivity (Wildman–Crippen MR) is 117 cm³/mol. The minimum Gasteiger partial charge on any atom is -0.340 e. The van der Waals surface area contributed by atoms with Crippen LogP contribution in [0.5, 0.6) is 0 Å². The van der Waals surface area contributed by atoms with Crippen LogP contribution in [-0.2, 0) is 13.0 Å². The van der Waals surface area contributed by atoms with Crippen LogP contribution in [0.2, 0.25) is 0 Å². The van der Waals surface area contributed by atoms with Gasteiger partial charge in [0.2, 0.25) is 0 Å². The van der Waals surface area contributed by atoms with Crippen molar-refractivity contribution >= 4 is 22.5 Å². The lowest BCUT2D eigenvalue weighted by atomic mass is 10.2. The van der Waals surface area contributed by atoms with E-state index in [-0.39, 0.29) is 17.2 Å². The molecule has 1 aromatic carbocycles. The molecule has 154 valence electrons. The van der Waals surface area contributed by atoms with Gasteiger partial charge in [-0.1, -0.05) is 32.0 Å². The van der Waals surface area contributed by atoms with Crippen LogP contribution in [0.15, 0.2) is 59.5 Å². The standard InChI is InChI=1S/C23H25N5O2/c1-16(2)15-27-19-9-4-5-10-20(19)28-21(23(27)30)14-18(25-28)22(29)26(3)13-11-17-8-6-7-12-24-17/h4-10,12,14,16H,11,13,15H2,1-3H3. The first kappa shape index (κ1) is 19.8. The summed E-state index contributed by atoms with van der Waals surface area (Å²) >= 11 is 0. The number of aromatic nitrogens is 4. The van der Waals surface area contributed by atoms with Gasteiger partial charge in [-0.05, 0) is 30.2 Å². The smallest absolute Gasteiger partial charge is 0.277 e. The Hall–Kier alpha value is -3.48. The molecule has 4 aromatic rings. The Labute approximate surface area is 174 Å². The quantitative estimate of drug-likeness (QED) is 0.496. The SMILES string of the molecule is CC(C)Cn1c(=O)c2cc(C(=O)N(C)CCc3ccccn3)nn2c2ccccc21. The Morgan fingerprint density at radius 2 is 1.80 bits per heavy atom. The van der Waals surface area contributed by atoms with Gasteiger partial charge in [0.05, 0.1) is 11.0 Å². The van der Waals surface area contributed by atoms with Crippen molar-refractivity contribution in [1.82, 2.24) is 24.1 Å². The highest BCUT2D eigenvalue weighted by Crippen LogP contribution is 2.17. The first-order chi connectivity index (χ1) is 14.5. The van der Waals surface area contributed by atoms with Crippen molar-refractivity contribution in [2.24, 2.45) is 5.92 Å². The molecule has 0 unspecified atom stereocenters. The van der Waals surface area contributed by atoms with E-state index in [2.05, 4.69) is 23.9 Å². The van der Waals surface area contributed by atoms with Crippen LogP contribution in [0.1, 0.15) is 30.0 Å². The molecule has 0 fully saturated rings. The molecule has 0 spiro atoms. The number of carbonyl (C=O) groups excluding carboxylic acids is 1. The van der Waals surface area contributed by atoms with E-state index in [9.17, 15) is 9.59 Å². The molecule has 7 heteroatoms. The van der Waals surface area contributed by atoms with E-state index in [4.69, 9.17) is 0 Å². The van der Waals surface area contributed by atoms with E-state index in [1.54, 1.807) is 33.3 Å². The maximum atomic E-state index is 13.2. The summed E-state index contributed by atoms with van der Waals surface area (Å²) < 4.78 is 3.37. The number of fused-ring (bicyclic) bond motifs is 3. The molecule has 4 rings (SSSR count). The van der Waals surface area contributed by atoms with Gasteiger partial charge in [0.1, 0.15) is 5.52 Å². The van der Waals surface area contributed by atoms with Crippen LogP contribution in [-0.4, -0.2) is 43.6 Å². The van der Waals surface area contributed by atoms with Gasteiger partial charge in [-0.25, -0.2) is 4.52 Å². The van der Waals surface area contributed by atoms with Crippen molar-refractivity contribution < 1.29 is 4.79 Å². The first-order valence-corrected chi connectivity index (χ1v) is 10.1. The van der Waals surface area contributed by atoms with Gasteiger partial charge in [0.15, 0.2) is 5.69 Å². The summed E-state index contributed by atoms with van der Waals surface area (Å²) in [4.78, 5) is 32.0. The summed E-state index contributed by atoms with van der Waals surface area (Å²) in [6.45, 7) is 5.27. The van der Waals surface area contributed by atoms with Crippen LogP contribution < -0.4 is 5.56 Å². The molecule has 3 aromatic heterocycles. The highest BCUT2D eigenvalue weighted by atomic mass is 16.2. The number of hydrogen-bond acceptors (Lipinski definition) is 4. The summed E-state index contributed by atoms with van der Waals surface area (Å²) in [5.41, 5.74) is 3.09.